The van der Waals surface area contributed by atoms with Crippen molar-refractivity contribution >= 4 is 23.2 Å². The Bertz CT molecular complexity index is 491. The Morgan fingerprint density at radius 1 is 1.37 bits per heavy atom. The maximum atomic E-state index is 6.17. The molecule has 1 unspecified atom stereocenters. The first kappa shape index (κ1) is 13.7. The lowest BCUT2D eigenvalue weighted by molar-refractivity contribution is -0.646. The van der Waals surface area contributed by atoms with Gasteiger partial charge in [-0.25, -0.2) is 0 Å². The van der Waals surface area contributed by atoms with Gasteiger partial charge in [-0.05, 0) is 31.5 Å². The summed E-state index contributed by atoms with van der Waals surface area (Å²) in [5, 5.41) is 3.70. The lowest BCUT2D eigenvalue weighted by Crippen LogP contribution is -2.83. The van der Waals surface area contributed by atoms with E-state index in [4.69, 9.17) is 27.9 Å². The Balaban J connectivity index is 1.83. The monoisotopic (exact) mass is 300 g/mol. The predicted molar refractivity (Wildman–Crippen MR) is 77.9 cm³/mol. The molecule has 1 aliphatic carbocycles. The molecule has 1 saturated heterocycles. The molecule has 0 aromatic heterocycles. The molecule has 1 aliphatic heterocycles. The van der Waals surface area contributed by atoms with Gasteiger partial charge in [0.2, 0.25) is 0 Å². The van der Waals surface area contributed by atoms with Gasteiger partial charge in [-0.2, -0.15) is 0 Å². The highest BCUT2D eigenvalue weighted by atomic mass is 35.5. The maximum absolute atomic E-state index is 6.17. The van der Waals surface area contributed by atoms with Gasteiger partial charge in [0, 0.05) is 11.8 Å². The first-order valence-corrected chi connectivity index (χ1v) is 7.70. The van der Waals surface area contributed by atoms with Crippen molar-refractivity contribution < 1.29 is 10.1 Å². The van der Waals surface area contributed by atoms with E-state index in [1.807, 2.05) is 12.1 Å². The Morgan fingerprint density at radius 3 is 2.84 bits per heavy atom. The minimum absolute atomic E-state index is 0.267. The summed E-state index contributed by atoms with van der Waals surface area (Å²) in [6, 6.07) is 6.10. The highest BCUT2D eigenvalue weighted by molar-refractivity contribution is 6.42. The molecule has 3 atom stereocenters. The topological polar surface area (TPSA) is 25.8 Å². The summed E-state index contributed by atoms with van der Waals surface area (Å²) in [6.45, 7) is 7.39. The van der Waals surface area contributed by atoms with Crippen molar-refractivity contribution in [1.82, 2.24) is 0 Å². The third-order valence-corrected chi connectivity index (χ3v) is 5.41. The molecule has 2 aliphatic rings. The molecule has 0 radical (unpaired) electrons. The van der Waals surface area contributed by atoms with Gasteiger partial charge in [0.05, 0.1) is 41.3 Å². The van der Waals surface area contributed by atoms with Crippen LogP contribution in [0.5, 0.6) is 0 Å². The van der Waals surface area contributed by atoms with Crippen LogP contribution < -0.4 is 5.32 Å². The zero-order valence-electron chi connectivity index (χ0n) is 11.3. The van der Waals surface area contributed by atoms with Crippen molar-refractivity contribution in [2.45, 2.75) is 25.4 Å². The molecule has 0 amide bonds. The largest absolute Gasteiger partial charge is 0.378 e. The standard InChI is InChI=1S/C15H19Cl2NO/c1-9(2)19-7-12-11-6-18-8-15(11,12)10-3-4-13(16)14(17)5-10/h3-5,9,11-12,18H,6-8H2,1-2H3/p+1/t11-,12-,15?/m1/s1. The Kier molecular flexibility index (Phi) is 3.55. The summed E-state index contributed by atoms with van der Waals surface area (Å²) in [4.78, 5) is 0. The third kappa shape index (κ3) is 2.19. The Hall–Kier alpha value is -0.280. The van der Waals surface area contributed by atoms with Crippen molar-refractivity contribution in [2.75, 3.05) is 19.7 Å². The number of quaternary nitrogens is 1. The molecule has 1 heterocycles. The van der Waals surface area contributed by atoms with Gasteiger partial charge in [-0.15, -0.1) is 0 Å². The van der Waals surface area contributed by atoms with Crippen LogP contribution in [0.3, 0.4) is 0 Å². The van der Waals surface area contributed by atoms with Gasteiger partial charge in [0.1, 0.15) is 0 Å². The van der Waals surface area contributed by atoms with Crippen LogP contribution in [-0.4, -0.2) is 25.8 Å². The van der Waals surface area contributed by atoms with E-state index >= 15 is 0 Å². The number of hydrogen-bond acceptors (Lipinski definition) is 1. The van der Waals surface area contributed by atoms with Crippen molar-refractivity contribution in [3.05, 3.63) is 33.8 Å². The van der Waals surface area contributed by atoms with Crippen LogP contribution in [0.1, 0.15) is 19.4 Å². The second kappa shape index (κ2) is 4.92. The van der Waals surface area contributed by atoms with E-state index in [0.717, 1.165) is 19.1 Å². The van der Waals surface area contributed by atoms with Gasteiger partial charge >= 0.3 is 0 Å². The van der Waals surface area contributed by atoms with Crippen LogP contribution >= 0.6 is 23.2 Å². The number of hydrogen-bond donors (Lipinski definition) is 1. The van der Waals surface area contributed by atoms with Crippen LogP contribution in [0.2, 0.25) is 10.0 Å². The fraction of sp³-hybridized carbons (Fsp3) is 0.600. The smallest absolute Gasteiger partial charge is 0.0862 e. The summed E-state index contributed by atoms with van der Waals surface area (Å²) in [5.74, 6) is 1.36. The van der Waals surface area contributed by atoms with E-state index in [1.165, 1.54) is 12.1 Å². The van der Waals surface area contributed by atoms with E-state index < -0.39 is 0 Å². The number of rotatable bonds is 4. The number of piperidine rings is 1. The van der Waals surface area contributed by atoms with Crippen LogP contribution in [0.4, 0.5) is 0 Å². The van der Waals surface area contributed by atoms with E-state index in [1.54, 1.807) is 0 Å². The highest BCUT2D eigenvalue weighted by Crippen LogP contribution is 2.60. The van der Waals surface area contributed by atoms with E-state index in [9.17, 15) is 0 Å². The number of halogens is 2. The van der Waals surface area contributed by atoms with Crippen LogP contribution in [0.25, 0.3) is 0 Å². The molecule has 0 bridgehead atoms. The fourth-order valence-electron chi connectivity index (χ4n) is 3.68. The summed E-state index contributed by atoms with van der Waals surface area (Å²) >= 11 is 12.2. The van der Waals surface area contributed by atoms with Crippen molar-refractivity contribution in [3.63, 3.8) is 0 Å². The summed E-state index contributed by atoms with van der Waals surface area (Å²) < 4.78 is 5.83. The van der Waals surface area contributed by atoms with E-state index in [0.29, 0.717) is 22.1 Å². The van der Waals surface area contributed by atoms with Gasteiger partial charge in [-0.3, -0.25) is 0 Å². The third-order valence-electron chi connectivity index (χ3n) is 4.67. The summed E-state index contributed by atoms with van der Waals surface area (Å²) in [7, 11) is 0. The second-order valence-corrected chi connectivity index (χ2v) is 6.81. The summed E-state index contributed by atoms with van der Waals surface area (Å²) in [6.07, 6.45) is 0.302. The van der Waals surface area contributed by atoms with Crippen molar-refractivity contribution in [2.24, 2.45) is 11.8 Å². The molecular weight excluding hydrogens is 281 g/mol. The number of nitrogens with two attached hydrogens (primary N) is 1. The number of ether oxygens (including phenoxy) is 1. The molecule has 2 N–H and O–H groups in total. The van der Waals surface area contributed by atoms with Crippen LogP contribution in [0, 0.1) is 11.8 Å². The average Bonchev–Trinajstić information content (AvgIpc) is 2.76. The lowest BCUT2D eigenvalue weighted by atomic mass is 9.93. The van der Waals surface area contributed by atoms with Gasteiger partial charge in [0.15, 0.2) is 0 Å². The van der Waals surface area contributed by atoms with Crippen LogP contribution in [0.15, 0.2) is 18.2 Å². The van der Waals surface area contributed by atoms with Gasteiger partial charge in [-0.1, -0.05) is 29.3 Å². The molecule has 2 fully saturated rings. The molecule has 1 aromatic rings. The van der Waals surface area contributed by atoms with Crippen molar-refractivity contribution in [3.8, 4) is 0 Å². The first-order valence-electron chi connectivity index (χ1n) is 6.94. The predicted octanol–water partition coefficient (Wildman–Crippen LogP) is 2.48. The van der Waals surface area contributed by atoms with Crippen molar-refractivity contribution in [1.29, 1.82) is 0 Å². The molecule has 1 saturated carbocycles. The molecule has 1 aromatic carbocycles. The minimum Gasteiger partial charge on any atom is -0.378 e. The SMILES string of the molecule is CC(C)OC[C@@H]1[C@H]2C[NH2+]CC21c1ccc(Cl)c(Cl)c1. The quantitative estimate of drug-likeness (QED) is 0.908. The molecule has 0 spiro atoms. The molecule has 104 valence electrons. The van der Waals surface area contributed by atoms with E-state index in [-0.39, 0.29) is 5.41 Å². The highest BCUT2D eigenvalue weighted by Gasteiger charge is 2.70. The minimum atomic E-state index is 0.267. The first-order chi connectivity index (χ1) is 9.05. The lowest BCUT2D eigenvalue weighted by Gasteiger charge is -2.16. The fourth-order valence-corrected chi connectivity index (χ4v) is 3.97. The number of benzene rings is 1. The Labute approximate surface area is 124 Å². The average molecular weight is 301 g/mol. The van der Waals surface area contributed by atoms with Gasteiger partial charge in [0.25, 0.3) is 0 Å². The second-order valence-electron chi connectivity index (χ2n) is 5.99. The summed E-state index contributed by atoms with van der Waals surface area (Å²) in [5.41, 5.74) is 1.60. The Morgan fingerprint density at radius 2 is 2.16 bits per heavy atom. The van der Waals surface area contributed by atoms with E-state index in [2.05, 4.69) is 25.2 Å². The zero-order chi connectivity index (χ0) is 13.6. The zero-order valence-corrected chi connectivity index (χ0v) is 12.8. The molecular formula is C15H20Cl2NO+. The molecule has 2 nitrogen and oxygen atoms in total. The number of fused-ring (bicyclic) bond motifs is 1. The normalized spacial score (nSPS) is 32.7. The molecule has 4 heteroatoms. The van der Waals surface area contributed by atoms with Gasteiger partial charge < -0.3 is 10.1 Å². The molecule has 3 rings (SSSR count). The maximum Gasteiger partial charge on any atom is 0.0862 e. The van der Waals surface area contributed by atoms with Crippen LogP contribution in [-0.2, 0) is 10.2 Å². The molecule has 19 heavy (non-hydrogen) atoms.